The zero-order valence-electron chi connectivity index (χ0n) is 18.6. The number of rotatable bonds is 7. The lowest BCUT2D eigenvalue weighted by atomic mass is 9.87. The van der Waals surface area contributed by atoms with Crippen molar-refractivity contribution in [2.45, 2.75) is 32.4 Å². The Kier molecular flexibility index (Phi) is 7.39. The molecule has 1 saturated heterocycles. The maximum absolute atomic E-state index is 13.2. The molecule has 0 spiro atoms. The molecule has 3 amide bonds. The molecule has 0 bridgehead atoms. The van der Waals surface area contributed by atoms with Crippen LogP contribution < -0.4 is 20.1 Å². The molecule has 2 aromatic carbocycles. The van der Waals surface area contributed by atoms with Crippen LogP contribution in [0.5, 0.6) is 11.5 Å². The summed E-state index contributed by atoms with van der Waals surface area (Å²) in [7, 11) is 3.21. The molecule has 2 N–H and O–H groups in total. The molecule has 0 aliphatic carbocycles. The third-order valence-corrected chi connectivity index (χ3v) is 5.50. The number of likely N-dealkylation sites (tertiary alicyclic amines) is 1. The van der Waals surface area contributed by atoms with E-state index in [1.165, 1.54) is 0 Å². The van der Waals surface area contributed by atoms with E-state index in [1.54, 1.807) is 19.1 Å². The third-order valence-electron chi connectivity index (χ3n) is 5.50. The first kappa shape index (κ1) is 22.5. The van der Waals surface area contributed by atoms with Crippen LogP contribution in [0.4, 0.5) is 4.79 Å². The van der Waals surface area contributed by atoms with Gasteiger partial charge < -0.3 is 25.0 Å². The average molecular weight is 426 g/mol. The fourth-order valence-corrected chi connectivity index (χ4v) is 3.93. The fourth-order valence-electron chi connectivity index (χ4n) is 3.93. The summed E-state index contributed by atoms with van der Waals surface area (Å²) in [5.74, 6) is 0.669. The van der Waals surface area contributed by atoms with Gasteiger partial charge in [-0.1, -0.05) is 30.3 Å². The summed E-state index contributed by atoms with van der Waals surface area (Å²) in [5, 5.41) is 5.96. The first-order valence-corrected chi connectivity index (χ1v) is 10.5. The second-order valence-corrected chi connectivity index (χ2v) is 8.03. The van der Waals surface area contributed by atoms with Crippen LogP contribution in [0.15, 0.2) is 48.5 Å². The van der Waals surface area contributed by atoms with Crippen LogP contribution >= 0.6 is 0 Å². The lowest BCUT2D eigenvalue weighted by Crippen LogP contribution is -2.42. The highest BCUT2D eigenvalue weighted by Crippen LogP contribution is 2.39. The summed E-state index contributed by atoms with van der Waals surface area (Å²) in [5.41, 5.74) is 1.89. The average Bonchev–Trinajstić information content (AvgIpc) is 3.23. The Hall–Kier alpha value is -3.22. The number of amides is 3. The quantitative estimate of drug-likeness (QED) is 0.714. The summed E-state index contributed by atoms with van der Waals surface area (Å²) in [4.78, 5) is 27.6. The van der Waals surface area contributed by atoms with E-state index in [0.29, 0.717) is 31.1 Å². The van der Waals surface area contributed by atoms with Crippen molar-refractivity contribution in [2.24, 2.45) is 5.92 Å². The fraction of sp³-hybridized carbons (Fsp3) is 0.417. The predicted molar refractivity (Wildman–Crippen MR) is 119 cm³/mol. The van der Waals surface area contributed by atoms with Crippen LogP contribution in [0, 0.1) is 5.92 Å². The van der Waals surface area contributed by atoms with Gasteiger partial charge in [-0.15, -0.1) is 0 Å². The molecule has 0 saturated carbocycles. The van der Waals surface area contributed by atoms with Gasteiger partial charge in [-0.2, -0.15) is 0 Å². The van der Waals surface area contributed by atoms with Gasteiger partial charge in [0.1, 0.15) is 11.5 Å². The van der Waals surface area contributed by atoms with Gasteiger partial charge in [0.2, 0.25) is 5.91 Å². The number of nitrogens with zero attached hydrogens (tertiary/aromatic N) is 1. The number of carbonyl (C=O) groups is 2. The first-order valence-electron chi connectivity index (χ1n) is 10.5. The Morgan fingerprint density at radius 3 is 2.45 bits per heavy atom. The summed E-state index contributed by atoms with van der Waals surface area (Å²) in [6, 6.07) is 15.2. The molecule has 1 aliphatic rings. The van der Waals surface area contributed by atoms with Gasteiger partial charge in [0.25, 0.3) is 0 Å². The number of methoxy groups -OCH3 is 2. The van der Waals surface area contributed by atoms with Crippen molar-refractivity contribution in [2.75, 3.05) is 27.3 Å². The zero-order chi connectivity index (χ0) is 22.4. The van der Waals surface area contributed by atoms with E-state index in [1.807, 2.05) is 62.4 Å². The van der Waals surface area contributed by atoms with Gasteiger partial charge in [0.05, 0.1) is 20.1 Å². The van der Waals surface area contributed by atoms with Crippen molar-refractivity contribution in [3.05, 3.63) is 59.7 Å². The molecule has 1 heterocycles. The SMILES string of the molecule is COc1ccc(OC)c(C2CN(C(=O)NC(C)C)CC2C(=O)NCc2ccccc2)c1. The monoisotopic (exact) mass is 425 g/mol. The molecule has 1 fully saturated rings. The highest BCUT2D eigenvalue weighted by Gasteiger charge is 2.41. The van der Waals surface area contributed by atoms with Crippen LogP contribution in [0.1, 0.15) is 30.9 Å². The molecule has 3 rings (SSSR count). The number of hydrogen-bond acceptors (Lipinski definition) is 4. The van der Waals surface area contributed by atoms with E-state index in [2.05, 4.69) is 10.6 Å². The number of carbonyl (C=O) groups excluding carboxylic acids is 2. The molecule has 7 nitrogen and oxygen atoms in total. The van der Waals surface area contributed by atoms with Gasteiger partial charge in [-0.3, -0.25) is 4.79 Å². The molecule has 2 unspecified atom stereocenters. The molecule has 0 aromatic heterocycles. The first-order chi connectivity index (χ1) is 14.9. The van der Waals surface area contributed by atoms with Crippen LogP contribution in [-0.4, -0.2) is 50.2 Å². The Labute approximate surface area is 183 Å². The van der Waals surface area contributed by atoms with Crippen molar-refractivity contribution in [1.82, 2.24) is 15.5 Å². The number of benzene rings is 2. The summed E-state index contributed by atoms with van der Waals surface area (Å²) in [6.07, 6.45) is 0. The van der Waals surface area contributed by atoms with Crippen LogP contribution in [-0.2, 0) is 11.3 Å². The highest BCUT2D eigenvalue weighted by atomic mass is 16.5. The van der Waals surface area contributed by atoms with Crippen LogP contribution in [0.2, 0.25) is 0 Å². The van der Waals surface area contributed by atoms with E-state index >= 15 is 0 Å². The second-order valence-electron chi connectivity index (χ2n) is 8.03. The van der Waals surface area contributed by atoms with Gasteiger partial charge >= 0.3 is 6.03 Å². The van der Waals surface area contributed by atoms with Gasteiger partial charge in [-0.05, 0) is 37.6 Å². The minimum Gasteiger partial charge on any atom is -0.497 e. The van der Waals surface area contributed by atoms with Crippen molar-refractivity contribution in [1.29, 1.82) is 0 Å². The molecule has 166 valence electrons. The maximum Gasteiger partial charge on any atom is 0.317 e. The normalized spacial score (nSPS) is 18.0. The minimum atomic E-state index is -0.400. The van der Waals surface area contributed by atoms with Crippen LogP contribution in [0.3, 0.4) is 0 Å². The van der Waals surface area contributed by atoms with Crippen molar-refractivity contribution < 1.29 is 19.1 Å². The molecular weight excluding hydrogens is 394 g/mol. The minimum absolute atomic E-state index is 0.0169. The predicted octanol–water partition coefficient (Wildman–Crippen LogP) is 3.15. The molecule has 2 aromatic rings. The smallest absolute Gasteiger partial charge is 0.317 e. The van der Waals surface area contributed by atoms with Gasteiger partial charge in [0.15, 0.2) is 0 Å². The zero-order valence-corrected chi connectivity index (χ0v) is 18.6. The molecule has 0 radical (unpaired) electrons. The topological polar surface area (TPSA) is 79.9 Å². The summed E-state index contributed by atoms with van der Waals surface area (Å²) in [6.45, 7) is 5.03. The molecule has 31 heavy (non-hydrogen) atoms. The number of urea groups is 1. The van der Waals surface area contributed by atoms with Crippen LogP contribution in [0.25, 0.3) is 0 Å². The molecule has 1 aliphatic heterocycles. The number of nitrogens with one attached hydrogen (secondary N) is 2. The summed E-state index contributed by atoms with van der Waals surface area (Å²) < 4.78 is 11.0. The Balaban J connectivity index is 1.86. The standard InChI is InChI=1S/C24H31N3O4/c1-16(2)26-24(29)27-14-20(19-12-18(30-3)10-11-22(19)31-4)21(15-27)23(28)25-13-17-8-6-5-7-9-17/h5-12,16,20-21H,13-15H2,1-4H3,(H,25,28)(H,26,29). The van der Waals surface area contributed by atoms with Gasteiger partial charge in [0, 0.05) is 37.2 Å². The van der Waals surface area contributed by atoms with Gasteiger partial charge in [-0.25, -0.2) is 4.79 Å². The molecule has 7 heteroatoms. The second kappa shape index (κ2) is 10.2. The van der Waals surface area contributed by atoms with E-state index in [-0.39, 0.29) is 23.9 Å². The third kappa shape index (κ3) is 5.48. The Morgan fingerprint density at radius 2 is 1.81 bits per heavy atom. The van der Waals surface area contributed by atoms with Crippen molar-refractivity contribution >= 4 is 11.9 Å². The molecule has 2 atom stereocenters. The largest absolute Gasteiger partial charge is 0.497 e. The highest BCUT2D eigenvalue weighted by molar-refractivity contribution is 5.83. The van der Waals surface area contributed by atoms with E-state index in [9.17, 15) is 9.59 Å². The van der Waals surface area contributed by atoms with Crippen molar-refractivity contribution in [3.63, 3.8) is 0 Å². The Bertz CT molecular complexity index is 901. The van der Waals surface area contributed by atoms with E-state index in [0.717, 1.165) is 11.1 Å². The lowest BCUT2D eigenvalue weighted by molar-refractivity contribution is -0.125. The molecular formula is C24H31N3O4. The Morgan fingerprint density at radius 1 is 1.06 bits per heavy atom. The number of hydrogen-bond donors (Lipinski definition) is 2. The number of ether oxygens (including phenoxy) is 2. The van der Waals surface area contributed by atoms with E-state index in [4.69, 9.17) is 9.47 Å². The lowest BCUT2D eigenvalue weighted by Gasteiger charge is -2.21. The summed E-state index contributed by atoms with van der Waals surface area (Å²) >= 11 is 0. The van der Waals surface area contributed by atoms with Crippen molar-refractivity contribution in [3.8, 4) is 11.5 Å². The maximum atomic E-state index is 13.2. The van der Waals surface area contributed by atoms with E-state index < -0.39 is 5.92 Å².